The van der Waals surface area contributed by atoms with Crippen LogP contribution < -0.4 is 5.32 Å². The van der Waals surface area contributed by atoms with E-state index in [0.29, 0.717) is 17.8 Å². The van der Waals surface area contributed by atoms with E-state index in [2.05, 4.69) is 11.2 Å². The molecule has 1 amide bonds. The predicted molar refractivity (Wildman–Crippen MR) is 90.1 cm³/mol. The van der Waals surface area contributed by atoms with E-state index >= 15 is 0 Å². The number of benzene rings is 1. The third-order valence-electron chi connectivity index (χ3n) is 3.92. The summed E-state index contributed by atoms with van der Waals surface area (Å²) in [7, 11) is 0. The molecule has 1 aliphatic rings. The normalized spacial score (nSPS) is 14.7. The van der Waals surface area contributed by atoms with Crippen molar-refractivity contribution in [1.29, 1.82) is 0 Å². The number of allylic oxidation sites excluding steroid dienone is 1. The molecule has 3 nitrogen and oxygen atoms in total. The highest BCUT2D eigenvalue weighted by molar-refractivity contribution is 5.80. The van der Waals surface area contributed by atoms with Gasteiger partial charge in [-0.05, 0) is 37.6 Å². The molecule has 0 aromatic heterocycles. The maximum atomic E-state index is 12.7. The summed E-state index contributed by atoms with van der Waals surface area (Å²) in [5, 5.41) is 2.69. The second kappa shape index (κ2) is 7.06. The third kappa shape index (κ3) is 4.90. The van der Waals surface area contributed by atoms with Crippen LogP contribution >= 0.6 is 0 Å². The molecule has 0 radical (unpaired) electrons. The van der Waals surface area contributed by atoms with Gasteiger partial charge in [0.25, 0.3) is 0 Å². The van der Waals surface area contributed by atoms with E-state index in [0.717, 1.165) is 12.1 Å². The molecule has 0 aliphatic carbocycles. The first kappa shape index (κ1) is 18.7. The Kier molecular flexibility index (Phi) is 5.27. The molecule has 6 heteroatoms. The van der Waals surface area contributed by atoms with Crippen molar-refractivity contribution < 1.29 is 18.0 Å². The van der Waals surface area contributed by atoms with Gasteiger partial charge in [-0.15, -0.1) is 6.42 Å². The molecule has 1 aromatic rings. The first-order chi connectivity index (χ1) is 11.6. The molecular formula is C19H19F3N2O. The van der Waals surface area contributed by atoms with E-state index in [1.54, 1.807) is 12.3 Å². The molecule has 0 atom stereocenters. The minimum atomic E-state index is -4.42. The summed E-state index contributed by atoms with van der Waals surface area (Å²) in [4.78, 5) is 14.0. The maximum absolute atomic E-state index is 12.7. The predicted octanol–water partition coefficient (Wildman–Crippen LogP) is 3.49. The van der Waals surface area contributed by atoms with Crippen LogP contribution in [0.25, 0.3) is 0 Å². The van der Waals surface area contributed by atoms with Crippen molar-refractivity contribution in [2.24, 2.45) is 0 Å². The SMILES string of the molecule is C#CC(C)(C)N1C=CC(NC(=O)Cc2cccc(C(F)(F)F)c2)=CC1. The first-order valence-corrected chi connectivity index (χ1v) is 7.71. The Labute approximate surface area is 145 Å². The molecule has 0 saturated heterocycles. The fraction of sp³-hybridized carbons (Fsp3) is 0.316. The van der Waals surface area contributed by atoms with Crippen molar-refractivity contribution >= 4 is 5.91 Å². The number of terminal acetylenes is 1. The highest BCUT2D eigenvalue weighted by atomic mass is 19.4. The zero-order valence-corrected chi connectivity index (χ0v) is 14.0. The monoisotopic (exact) mass is 348 g/mol. The quantitative estimate of drug-likeness (QED) is 0.845. The van der Waals surface area contributed by atoms with Gasteiger partial charge < -0.3 is 10.2 Å². The van der Waals surface area contributed by atoms with Crippen LogP contribution in [0.3, 0.4) is 0 Å². The highest BCUT2D eigenvalue weighted by Crippen LogP contribution is 2.29. The van der Waals surface area contributed by atoms with Crippen LogP contribution in [-0.2, 0) is 17.4 Å². The standard InChI is InChI=1S/C19H19F3N2O/c1-4-18(2,3)24-10-8-16(9-11-24)23-17(25)13-14-6-5-7-15(12-14)19(20,21)22/h1,5-10,12H,11,13H2,2-3H3,(H,23,25). The van der Waals surface area contributed by atoms with Gasteiger partial charge in [-0.3, -0.25) is 4.79 Å². The molecule has 1 aromatic carbocycles. The van der Waals surface area contributed by atoms with Crippen LogP contribution in [0.4, 0.5) is 13.2 Å². The largest absolute Gasteiger partial charge is 0.416 e. The number of hydrogen-bond acceptors (Lipinski definition) is 2. The van der Waals surface area contributed by atoms with Crippen molar-refractivity contribution in [3.8, 4) is 12.3 Å². The molecule has 1 heterocycles. The fourth-order valence-electron chi connectivity index (χ4n) is 2.33. The van der Waals surface area contributed by atoms with E-state index in [4.69, 9.17) is 6.42 Å². The van der Waals surface area contributed by atoms with Gasteiger partial charge in [0.2, 0.25) is 5.91 Å². The van der Waals surface area contributed by atoms with Crippen molar-refractivity contribution in [2.45, 2.75) is 32.0 Å². The average Bonchev–Trinajstić information content (AvgIpc) is 2.54. The van der Waals surface area contributed by atoms with E-state index in [9.17, 15) is 18.0 Å². The number of rotatable bonds is 4. The van der Waals surface area contributed by atoms with E-state index in [1.165, 1.54) is 12.1 Å². The van der Waals surface area contributed by atoms with Crippen molar-refractivity contribution in [3.63, 3.8) is 0 Å². The number of carbonyl (C=O) groups excluding carboxylic acids is 1. The Balaban J connectivity index is 1.96. The van der Waals surface area contributed by atoms with Crippen LogP contribution in [0.15, 0.2) is 48.3 Å². The fourth-order valence-corrected chi connectivity index (χ4v) is 2.33. The second-order valence-electron chi connectivity index (χ2n) is 6.25. The maximum Gasteiger partial charge on any atom is 0.416 e. The molecule has 0 saturated carbocycles. The van der Waals surface area contributed by atoms with Gasteiger partial charge in [0, 0.05) is 18.4 Å². The summed E-state index contributed by atoms with van der Waals surface area (Å²) in [5.74, 6) is 2.31. The van der Waals surface area contributed by atoms with Gasteiger partial charge in [0.1, 0.15) is 0 Å². The van der Waals surface area contributed by atoms with Crippen LogP contribution in [0.2, 0.25) is 0 Å². The summed E-state index contributed by atoms with van der Waals surface area (Å²) < 4.78 is 38.1. The minimum absolute atomic E-state index is 0.130. The first-order valence-electron chi connectivity index (χ1n) is 7.71. The Morgan fingerprint density at radius 2 is 2.08 bits per heavy atom. The molecule has 1 aliphatic heterocycles. The van der Waals surface area contributed by atoms with Crippen molar-refractivity contribution in [1.82, 2.24) is 10.2 Å². The molecular weight excluding hydrogens is 329 g/mol. The zero-order chi connectivity index (χ0) is 18.7. The second-order valence-corrected chi connectivity index (χ2v) is 6.25. The molecule has 132 valence electrons. The van der Waals surface area contributed by atoms with Gasteiger partial charge in [-0.25, -0.2) is 0 Å². The summed E-state index contributed by atoms with van der Waals surface area (Å²) in [6.07, 6.45) is 6.25. The van der Waals surface area contributed by atoms with Gasteiger partial charge in [-0.1, -0.05) is 24.1 Å². The summed E-state index contributed by atoms with van der Waals surface area (Å²) in [6.45, 7) is 4.34. The van der Waals surface area contributed by atoms with Crippen LogP contribution in [0.1, 0.15) is 25.0 Å². The molecule has 0 bridgehead atoms. The zero-order valence-electron chi connectivity index (χ0n) is 14.0. The average molecular weight is 348 g/mol. The van der Waals surface area contributed by atoms with E-state index in [1.807, 2.05) is 24.8 Å². The Morgan fingerprint density at radius 3 is 2.64 bits per heavy atom. The van der Waals surface area contributed by atoms with Gasteiger partial charge in [0.05, 0.1) is 17.5 Å². The van der Waals surface area contributed by atoms with Crippen LogP contribution in [-0.4, -0.2) is 22.9 Å². The van der Waals surface area contributed by atoms with E-state index in [-0.39, 0.29) is 12.3 Å². The molecule has 2 rings (SSSR count). The summed E-state index contributed by atoms with van der Waals surface area (Å²) in [5.41, 5.74) is -0.300. The number of nitrogens with one attached hydrogen (secondary N) is 1. The van der Waals surface area contributed by atoms with Crippen LogP contribution in [0, 0.1) is 12.3 Å². The lowest BCUT2D eigenvalue weighted by atomic mass is 10.0. The topological polar surface area (TPSA) is 32.3 Å². The van der Waals surface area contributed by atoms with Crippen molar-refractivity contribution in [2.75, 3.05) is 6.54 Å². The number of halogens is 3. The molecule has 0 unspecified atom stereocenters. The lowest BCUT2D eigenvalue weighted by Crippen LogP contribution is -2.40. The van der Waals surface area contributed by atoms with Gasteiger partial charge >= 0.3 is 6.18 Å². The number of hydrogen-bond donors (Lipinski definition) is 1. The molecule has 25 heavy (non-hydrogen) atoms. The summed E-state index contributed by atoms with van der Waals surface area (Å²) in [6, 6.07) is 4.76. The number of amides is 1. The minimum Gasteiger partial charge on any atom is -0.358 e. The molecule has 0 fully saturated rings. The van der Waals surface area contributed by atoms with Crippen molar-refractivity contribution in [3.05, 3.63) is 59.4 Å². The lowest BCUT2D eigenvalue weighted by molar-refractivity contribution is -0.137. The number of alkyl halides is 3. The third-order valence-corrected chi connectivity index (χ3v) is 3.92. The van der Waals surface area contributed by atoms with E-state index < -0.39 is 17.3 Å². The lowest BCUT2D eigenvalue weighted by Gasteiger charge is -2.34. The van der Waals surface area contributed by atoms with Gasteiger partial charge in [0.15, 0.2) is 0 Å². The summed E-state index contributed by atoms with van der Waals surface area (Å²) >= 11 is 0. The number of carbonyl (C=O) groups is 1. The Bertz CT molecular complexity index is 755. The number of nitrogens with zero attached hydrogens (tertiary/aromatic N) is 1. The smallest absolute Gasteiger partial charge is 0.358 e. The molecule has 0 spiro atoms. The molecule has 1 N–H and O–H groups in total. The highest BCUT2D eigenvalue weighted by Gasteiger charge is 2.30. The van der Waals surface area contributed by atoms with Crippen LogP contribution in [0.5, 0.6) is 0 Å². The Hall–Kier alpha value is -2.68. The van der Waals surface area contributed by atoms with Gasteiger partial charge in [-0.2, -0.15) is 13.2 Å². The Morgan fingerprint density at radius 1 is 1.36 bits per heavy atom.